The molecule has 1 aromatic heterocycles. The van der Waals surface area contributed by atoms with Crippen molar-refractivity contribution in [2.45, 2.75) is 12.3 Å². The van der Waals surface area contributed by atoms with Crippen molar-refractivity contribution in [2.75, 3.05) is 27.9 Å². The molecule has 1 aromatic carbocycles. The third-order valence-electron chi connectivity index (χ3n) is 4.42. The van der Waals surface area contributed by atoms with E-state index in [1.807, 2.05) is 0 Å². The molecule has 1 amide bonds. The molecule has 0 bridgehead atoms. The van der Waals surface area contributed by atoms with Crippen LogP contribution in [0.4, 0.5) is 0 Å². The summed E-state index contributed by atoms with van der Waals surface area (Å²) < 4.78 is 19.7. The van der Waals surface area contributed by atoms with Crippen molar-refractivity contribution < 1.29 is 38.4 Å². The fourth-order valence-corrected chi connectivity index (χ4v) is 2.93. The van der Waals surface area contributed by atoms with Crippen LogP contribution < -0.4 is 20.8 Å². The first-order chi connectivity index (χ1) is 14.7. The van der Waals surface area contributed by atoms with E-state index in [0.717, 1.165) is 13.3 Å². The molecule has 0 aliphatic heterocycles. The average Bonchev–Trinajstić information content (AvgIpc) is 2.75. The van der Waals surface area contributed by atoms with Crippen molar-refractivity contribution in [3.8, 4) is 17.2 Å². The van der Waals surface area contributed by atoms with Crippen LogP contribution in [0.25, 0.3) is 0 Å². The molecule has 0 radical (unpaired) electrons. The Kier molecular flexibility index (Phi) is 7.61. The number of aromatic nitrogens is 1. The topological polar surface area (TPSA) is 167 Å². The third-order valence-corrected chi connectivity index (χ3v) is 4.42. The zero-order chi connectivity index (χ0) is 23.1. The highest BCUT2D eigenvalue weighted by Crippen LogP contribution is 2.37. The molecule has 166 valence electrons. The molecule has 0 unspecified atom stereocenters. The van der Waals surface area contributed by atoms with Gasteiger partial charge in [0.05, 0.1) is 26.9 Å². The second kappa shape index (κ2) is 10.1. The van der Waals surface area contributed by atoms with Gasteiger partial charge in [0, 0.05) is 18.5 Å². The van der Waals surface area contributed by atoms with Crippen LogP contribution in [0.3, 0.4) is 0 Å². The van der Waals surface area contributed by atoms with Gasteiger partial charge >= 0.3 is 11.9 Å². The van der Waals surface area contributed by atoms with Gasteiger partial charge in [-0.15, -0.1) is 0 Å². The van der Waals surface area contributed by atoms with Crippen LogP contribution in [0, 0.1) is 0 Å². The first-order valence-corrected chi connectivity index (χ1v) is 8.92. The van der Waals surface area contributed by atoms with Crippen molar-refractivity contribution in [1.29, 1.82) is 0 Å². The fourth-order valence-electron chi connectivity index (χ4n) is 2.93. The van der Waals surface area contributed by atoms with E-state index < -0.39 is 41.7 Å². The molecule has 1 heterocycles. The maximum atomic E-state index is 12.5. The van der Waals surface area contributed by atoms with Gasteiger partial charge in [0.1, 0.15) is 11.3 Å². The number of aromatic amines is 1. The zero-order valence-corrected chi connectivity index (χ0v) is 17.1. The maximum absolute atomic E-state index is 12.5. The Morgan fingerprint density at radius 1 is 1.13 bits per heavy atom. The number of rotatable bonds is 9. The van der Waals surface area contributed by atoms with Crippen LogP contribution in [0.5, 0.6) is 17.2 Å². The minimum atomic E-state index is -1.04. The number of H-pyrrole nitrogens is 1. The number of nitrogens with two attached hydrogens (primary N) is 1. The highest BCUT2D eigenvalue weighted by atomic mass is 16.6. The molecule has 0 saturated carbocycles. The van der Waals surface area contributed by atoms with Crippen molar-refractivity contribution >= 4 is 17.8 Å². The van der Waals surface area contributed by atoms with E-state index in [4.69, 9.17) is 15.2 Å². The minimum absolute atomic E-state index is 0.125. The lowest BCUT2D eigenvalue weighted by Crippen LogP contribution is -2.24. The van der Waals surface area contributed by atoms with E-state index in [0.29, 0.717) is 5.56 Å². The summed E-state index contributed by atoms with van der Waals surface area (Å²) in [5.74, 6) is -3.58. The number of amides is 1. The van der Waals surface area contributed by atoms with Crippen LogP contribution in [0.1, 0.15) is 33.8 Å². The Labute approximate surface area is 176 Å². The predicted molar refractivity (Wildman–Crippen MR) is 106 cm³/mol. The van der Waals surface area contributed by atoms with E-state index in [1.54, 1.807) is 0 Å². The predicted octanol–water partition coefficient (Wildman–Crippen LogP) is 0.435. The first-order valence-electron chi connectivity index (χ1n) is 8.92. The standard InChI is InChI=1S/C20H22N2O9/c1-28-13-5-4-10(6-14(13)31-9-16(24)29-2)11(7-15(21)23)17-18(25)12(20(27)30-3)8-22-19(17)26/h4-6,8,11H,7,9H2,1-3H3,(H2,21,23)(H2,22,25,26)/t11-/m0/s1. The normalized spacial score (nSPS) is 11.3. The van der Waals surface area contributed by atoms with Gasteiger partial charge in [-0.3, -0.25) is 9.59 Å². The molecular weight excluding hydrogens is 412 g/mol. The molecular formula is C20H22N2O9. The fraction of sp³-hybridized carbons (Fsp3) is 0.300. The lowest BCUT2D eigenvalue weighted by atomic mass is 9.87. The number of ether oxygens (including phenoxy) is 4. The second-order valence-corrected chi connectivity index (χ2v) is 6.28. The van der Waals surface area contributed by atoms with Crippen molar-refractivity contribution in [2.24, 2.45) is 5.73 Å². The quantitative estimate of drug-likeness (QED) is 0.474. The molecule has 2 rings (SSSR count). The summed E-state index contributed by atoms with van der Waals surface area (Å²) in [5, 5.41) is 10.6. The Balaban J connectivity index is 2.63. The molecule has 4 N–H and O–H groups in total. The number of aromatic hydroxyl groups is 1. The number of carbonyl (C=O) groups excluding carboxylic acids is 3. The van der Waals surface area contributed by atoms with Crippen LogP contribution in [-0.2, 0) is 19.1 Å². The van der Waals surface area contributed by atoms with Gasteiger partial charge in [-0.2, -0.15) is 0 Å². The number of methoxy groups -OCH3 is 3. The summed E-state index contributed by atoms with van der Waals surface area (Å²) in [6.45, 7) is -0.416. The number of benzene rings is 1. The van der Waals surface area contributed by atoms with Crippen LogP contribution in [-0.4, -0.2) is 55.9 Å². The first kappa shape index (κ1) is 23.3. The smallest absolute Gasteiger partial charge is 0.343 e. The van der Waals surface area contributed by atoms with Crippen LogP contribution >= 0.6 is 0 Å². The highest BCUT2D eigenvalue weighted by molar-refractivity contribution is 5.92. The number of hydrogen-bond donors (Lipinski definition) is 3. The zero-order valence-electron chi connectivity index (χ0n) is 17.1. The van der Waals surface area contributed by atoms with E-state index in [-0.39, 0.29) is 29.0 Å². The van der Waals surface area contributed by atoms with Gasteiger partial charge in [-0.25, -0.2) is 9.59 Å². The molecule has 31 heavy (non-hydrogen) atoms. The molecule has 0 saturated heterocycles. The summed E-state index contributed by atoms with van der Waals surface area (Å²) in [7, 11) is 3.70. The van der Waals surface area contributed by atoms with Gasteiger partial charge in [-0.05, 0) is 17.7 Å². The van der Waals surface area contributed by atoms with Gasteiger partial charge in [0.25, 0.3) is 5.56 Å². The largest absolute Gasteiger partial charge is 0.506 e. The van der Waals surface area contributed by atoms with E-state index in [9.17, 15) is 24.3 Å². The highest BCUT2D eigenvalue weighted by Gasteiger charge is 2.28. The number of pyridine rings is 1. The summed E-state index contributed by atoms with van der Waals surface area (Å²) in [6, 6.07) is 4.45. The molecule has 0 fully saturated rings. The van der Waals surface area contributed by atoms with E-state index in [1.165, 1.54) is 32.4 Å². The van der Waals surface area contributed by atoms with Gasteiger partial charge in [-0.1, -0.05) is 6.07 Å². The number of carbonyl (C=O) groups is 3. The number of hydrogen-bond acceptors (Lipinski definition) is 9. The Bertz CT molecular complexity index is 1050. The molecule has 1 atom stereocenters. The third kappa shape index (κ3) is 5.32. The Morgan fingerprint density at radius 2 is 1.84 bits per heavy atom. The summed E-state index contributed by atoms with van der Waals surface area (Å²) >= 11 is 0. The molecule has 2 aromatic rings. The number of primary amides is 1. The Hall–Kier alpha value is -4.02. The minimum Gasteiger partial charge on any atom is -0.506 e. The van der Waals surface area contributed by atoms with Crippen molar-refractivity contribution in [3.05, 3.63) is 51.4 Å². The second-order valence-electron chi connectivity index (χ2n) is 6.28. The van der Waals surface area contributed by atoms with Gasteiger partial charge in [0.2, 0.25) is 5.91 Å². The summed E-state index contributed by atoms with van der Waals surface area (Å²) in [6.07, 6.45) is 0.636. The monoisotopic (exact) mass is 434 g/mol. The number of nitrogens with one attached hydrogen (secondary N) is 1. The Morgan fingerprint density at radius 3 is 2.42 bits per heavy atom. The van der Waals surface area contributed by atoms with Gasteiger partial charge in [0.15, 0.2) is 18.1 Å². The maximum Gasteiger partial charge on any atom is 0.343 e. The van der Waals surface area contributed by atoms with Crippen LogP contribution in [0.15, 0.2) is 29.2 Å². The molecule has 0 aliphatic carbocycles. The number of esters is 2. The van der Waals surface area contributed by atoms with Crippen LogP contribution in [0.2, 0.25) is 0 Å². The SMILES string of the molecule is COC(=O)COc1cc([C@H](CC(N)=O)c2c(O)c(C(=O)OC)c[nH]c2=O)ccc1OC. The lowest BCUT2D eigenvalue weighted by molar-refractivity contribution is -0.142. The molecule has 11 nitrogen and oxygen atoms in total. The molecule has 0 spiro atoms. The van der Waals surface area contributed by atoms with Crippen molar-refractivity contribution in [1.82, 2.24) is 4.98 Å². The molecule has 11 heteroatoms. The average molecular weight is 434 g/mol. The van der Waals surface area contributed by atoms with E-state index >= 15 is 0 Å². The summed E-state index contributed by atoms with van der Waals surface area (Å²) in [5.41, 5.74) is 4.42. The van der Waals surface area contributed by atoms with Gasteiger partial charge < -0.3 is 34.8 Å². The lowest BCUT2D eigenvalue weighted by Gasteiger charge is -2.19. The van der Waals surface area contributed by atoms with Crippen molar-refractivity contribution in [3.63, 3.8) is 0 Å². The van der Waals surface area contributed by atoms with E-state index in [2.05, 4.69) is 14.5 Å². The molecule has 0 aliphatic rings. The summed E-state index contributed by atoms with van der Waals surface area (Å²) in [4.78, 5) is 49.9.